The van der Waals surface area contributed by atoms with Crippen molar-refractivity contribution in [3.8, 4) is 11.5 Å². The van der Waals surface area contributed by atoms with E-state index in [0.717, 1.165) is 28.9 Å². The number of allylic oxidation sites excluding steroid dienone is 1. The van der Waals surface area contributed by atoms with Crippen LogP contribution in [0.5, 0.6) is 11.5 Å². The fraction of sp³-hybridized carbons (Fsp3) is 0.400. The normalized spacial score (nSPS) is 10.7. The van der Waals surface area contributed by atoms with Gasteiger partial charge in [0.1, 0.15) is 11.5 Å². The lowest BCUT2D eigenvalue weighted by molar-refractivity contribution is -0.131. The Labute approximate surface area is 108 Å². The van der Waals surface area contributed by atoms with Gasteiger partial charge in [0.15, 0.2) is 0 Å². The molecule has 0 radical (unpaired) electrons. The molecule has 0 heterocycles. The number of carbonyl (C=O) groups is 1. The average molecular weight is 248 g/mol. The van der Waals surface area contributed by atoms with Gasteiger partial charge in [-0.15, -0.1) is 0 Å². The zero-order chi connectivity index (χ0) is 13.7. The summed E-state index contributed by atoms with van der Waals surface area (Å²) in [6.07, 6.45) is 4.57. The molecule has 0 fully saturated rings. The zero-order valence-corrected chi connectivity index (χ0v) is 11.7. The Bertz CT molecular complexity index is 473. The number of rotatable bonds is 4. The van der Waals surface area contributed by atoms with Gasteiger partial charge in [-0.3, -0.25) is 4.79 Å². The molecule has 1 rings (SSSR count). The molecule has 1 aromatic carbocycles. The quantitative estimate of drug-likeness (QED) is 0.461. The average Bonchev–Trinajstić information content (AvgIpc) is 2.31. The van der Waals surface area contributed by atoms with E-state index in [9.17, 15) is 4.79 Å². The number of hydrogen-bond donors (Lipinski definition) is 0. The molecule has 0 saturated heterocycles. The fourth-order valence-corrected chi connectivity index (χ4v) is 1.66. The van der Waals surface area contributed by atoms with E-state index in [2.05, 4.69) is 0 Å². The van der Waals surface area contributed by atoms with Gasteiger partial charge in [0.25, 0.3) is 0 Å². The van der Waals surface area contributed by atoms with Crippen molar-refractivity contribution in [2.45, 2.75) is 41.0 Å². The molecule has 18 heavy (non-hydrogen) atoms. The molecule has 0 saturated carbocycles. The SMILES string of the molecule is CCC=COc1cc(C)c(OC(C)=O)c(C)c1C. The highest BCUT2D eigenvalue weighted by Gasteiger charge is 2.13. The fourth-order valence-electron chi connectivity index (χ4n) is 1.66. The Morgan fingerprint density at radius 3 is 2.50 bits per heavy atom. The van der Waals surface area contributed by atoms with Crippen LogP contribution in [-0.4, -0.2) is 5.97 Å². The minimum Gasteiger partial charge on any atom is -0.465 e. The Balaban J connectivity index is 3.11. The highest BCUT2D eigenvalue weighted by Crippen LogP contribution is 2.33. The summed E-state index contributed by atoms with van der Waals surface area (Å²) in [5, 5.41) is 0. The van der Waals surface area contributed by atoms with E-state index < -0.39 is 0 Å². The molecular weight excluding hydrogens is 228 g/mol. The lowest BCUT2D eigenvalue weighted by Gasteiger charge is -2.15. The van der Waals surface area contributed by atoms with Crippen LogP contribution < -0.4 is 9.47 Å². The number of benzene rings is 1. The first kappa shape index (κ1) is 14.3. The van der Waals surface area contributed by atoms with E-state index in [1.54, 1.807) is 6.26 Å². The highest BCUT2D eigenvalue weighted by molar-refractivity contribution is 5.71. The number of hydrogen-bond acceptors (Lipinski definition) is 3. The van der Waals surface area contributed by atoms with Crippen LogP contribution in [-0.2, 0) is 4.79 Å². The topological polar surface area (TPSA) is 35.5 Å². The smallest absolute Gasteiger partial charge is 0.308 e. The molecule has 98 valence electrons. The molecule has 0 amide bonds. The number of esters is 1. The standard InChI is InChI=1S/C15H20O3/c1-6-7-8-17-14-9-10(2)15(18-13(5)16)12(4)11(14)3/h7-9H,6H2,1-5H3. The number of carbonyl (C=O) groups excluding carboxylic acids is 1. The van der Waals surface area contributed by atoms with Crippen LogP contribution in [0.4, 0.5) is 0 Å². The summed E-state index contributed by atoms with van der Waals surface area (Å²) >= 11 is 0. The van der Waals surface area contributed by atoms with E-state index in [0.29, 0.717) is 5.75 Å². The summed E-state index contributed by atoms with van der Waals surface area (Å²) < 4.78 is 10.8. The summed E-state index contributed by atoms with van der Waals surface area (Å²) in [6.45, 7) is 9.24. The van der Waals surface area contributed by atoms with Crippen molar-refractivity contribution in [3.63, 3.8) is 0 Å². The Kier molecular flexibility index (Phi) is 4.95. The third-order valence-corrected chi connectivity index (χ3v) is 2.75. The maximum absolute atomic E-state index is 11.1. The van der Waals surface area contributed by atoms with Gasteiger partial charge in [0.05, 0.1) is 6.26 Å². The van der Waals surface area contributed by atoms with Gasteiger partial charge in [-0.05, 0) is 56.0 Å². The monoisotopic (exact) mass is 248 g/mol. The number of aryl methyl sites for hydroxylation is 1. The van der Waals surface area contributed by atoms with Crippen LogP contribution >= 0.6 is 0 Å². The largest absolute Gasteiger partial charge is 0.465 e. The summed E-state index contributed by atoms with van der Waals surface area (Å²) in [6, 6.07) is 1.89. The van der Waals surface area contributed by atoms with Gasteiger partial charge in [0.2, 0.25) is 0 Å². The van der Waals surface area contributed by atoms with Crippen molar-refractivity contribution >= 4 is 5.97 Å². The third kappa shape index (κ3) is 3.36. The first-order valence-corrected chi connectivity index (χ1v) is 6.08. The molecule has 0 aliphatic carbocycles. The van der Waals surface area contributed by atoms with Gasteiger partial charge in [-0.2, -0.15) is 0 Å². The van der Waals surface area contributed by atoms with Crippen molar-refractivity contribution in [2.75, 3.05) is 0 Å². The van der Waals surface area contributed by atoms with Crippen LogP contribution in [0.2, 0.25) is 0 Å². The maximum Gasteiger partial charge on any atom is 0.308 e. The lowest BCUT2D eigenvalue weighted by Crippen LogP contribution is -2.06. The zero-order valence-electron chi connectivity index (χ0n) is 11.7. The Morgan fingerprint density at radius 1 is 1.28 bits per heavy atom. The highest BCUT2D eigenvalue weighted by atomic mass is 16.5. The van der Waals surface area contributed by atoms with Gasteiger partial charge >= 0.3 is 5.97 Å². The molecule has 0 N–H and O–H groups in total. The van der Waals surface area contributed by atoms with Crippen LogP contribution in [0.15, 0.2) is 18.4 Å². The van der Waals surface area contributed by atoms with E-state index in [1.807, 2.05) is 39.8 Å². The second kappa shape index (κ2) is 6.24. The van der Waals surface area contributed by atoms with E-state index in [-0.39, 0.29) is 5.97 Å². The van der Waals surface area contributed by atoms with Gasteiger partial charge in [-0.25, -0.2) is 0 Å². The summed E-state index contributed by atoms with van der Waals surface area (Å²) in [5.74, 6) is 1.12. The molecule has 3 heteroatoms. The van der Waals surface area contributed by atoms with Crippen LogP contribution in [0.1, 0.15) is 37.0 Å². The Morgan fingerprint density at radius 2 is 1.94 bits per heavy atom. The van der Waals surface area contributed by atoms with Crippen LogP contribution in [0.3, 0.4) is 0 Å². The van der Waals surface area contributed by atoms with Crippen molar-refractivity contribution in [3.05, 3.63) is 35.1 Å². The minimum atomic E-state index is -0.305. The first-order valence-electron chi connectivity index (χ1n) is 6.08. The van der Waals surface area contributed by atoms with E-state index in [4.69, 9.17) is 9.47 Å². The van der Waals surface area contributed by atoms with Crippen molar-refractivity contribution in [1.82, 2.24) is 0 Å². The second-order valence-electron chi connectivity index (χ2n) is 4.26. The molecule has 0 aliphatic heterocycles. The van der Waals surface area contributed by atoms with Gasteiger partial charge < -0.3 is 9.47 Å². The maximum atomic E-state index is 11.1. The van der Waals surface area contributed by atoms with E-state index >= 15 is 0 Å². The Hall–Kier alpha value is -1.77. The molecule has 3 nitrogen and oxygen atoms in total. The molecule has 0 spiro atoms. The first-order chi connectivity index (χ1) is 8.47. The van der Waals surface area contributed by atoms with Gasteiger partial charge in [0, 0.05) is 6.92 Å². The molecular formula is C15H20O3. The van der Waals surface area contributed by atoms with Crippen molar-refractivity contribution in [1.29, 1.82) is 0 Å². The van der Waals surface area contributed by atoms with Crippen LogP contribution in [0, 0.1) is 20.8 Å². The van der Waals surface area contributed by atoms with Crippen molar-refractivity contribution < 1.29 is 14.3 Å². The summed E-state index contributed by atoms with van der Waals surface area (Å²) in [5.41, 5.74) is 2.82. The predicted octanol–water partition coefficient (Wildman–Crippen LogP) is 3.84. The molecule has 0 unspecified atom stereocenters. The molecule has 0 aliphatic rings. The lowest BCUT2D eigenvalue weighted by atomic mass is 10.0. The molecule has 1 aromatic rings. The van der Waals surface area contributed by atoms with Crippen LogP contribution in [0.25, 0.3) is 0 Å². The van der Waals surface area contributed by atoms with E-state index in [1.165, 1.54) is 6.92 Å². The molecule has 0 bridgehead atoms. The molecule has 0 atom stereocenters. The summed E-state index contributed by atoms with van der Waals surface area (Å²) in [7, 11) is 0. The molecule has 0 aromatic heterocycles. The number of ether oxygens (including phenoxy) is 2. The second-order valence-corrected chi connectivity index (χ2v) is 4.26. The third-order valence-electron chi connectivity index (χ3n) is 2.75. The van der Waals surface area contributed by atoms with Crippen molar-refractivity contribution in [2.24, 2.45) is 0 Å². The van der Waals surface area contributed by atoms with Gasteiger partial charge in [-0.1, -0.05) is 6.92 Å². The summed E-state index contributed by atoms with van der Waals surface area (Å²) in [4.78, 5) is 11.1. The minimum absolute atomic E-state index is 0.305. The predicted molar refractivity (Wildman–Crippen MR) is 72.0 cm³/mol.